The van der Waals surface area contributed by atoms with Crippen LogP contribution in [0.25, 0.3) is 20.8 Å². The molecule has 1 aromatic heterocycles. The van der Waals surface area contributed by atoms with Crippen molar-refractivity contribution in [3.05, 3.63) is 54.1 Å². The molecule has 1 amide bonds. The molecule has 11 nitrogen and oxygen atoms in total. The van der Waals surface area contributed by atoms with Crippen molar-refractivity contribution in [3.8, 4) is 39.3 Å². The van der Waals surface area contributed by atoms with Gasteiger partial charge >= 0.3 is 0 Å². The van der Waals surface area contributed by atoms with Gasteiger partial charge in [-0.1, -0.05) is 0 Å². The van der Waals surface area contributed by atoms with Gasteiger partial charge in [0.1, 0.15) is 10.8 Å². The summed E-state index contributed by atoms with van der Waals surface area (Å²) >= 11 is 1.64. The topological polar surface area (TPSA) is 98.2 Å². The Balaban J connectivity index is 0.782. The summed E-state index contributed by atoms with van der Waals surface area (Å²) in [7, 11) is 4.98. The second-order valence-electron chi connectivity index (χ2n) is 13.5. The van der Waals surface area contributed by atoms with E-state index in [9.17, 15) is 4.79 Å². The lowest BCUT2D eigenvalue weighted by Crippen LogP contribution is -2.46. The molecule has 0 radical (unpaired) electrons. The van der Waals surface area contributed by atoms with Crippen LogP contribution in [-0.2, 0) is 0 Å². The van der Waals surface area contributed by atoms with Crippen LogP contribution in [0.4, 0.5) is 5.69 Å². The molecule has 0 saturated carbocycles. The summed E-state index contributed by atoms with van der Waals surface area (Å²) in [4.78, 5) is 29.6. The number of aromatic nitrogens is 1. The van der Waals surface area contributed by atoms with Gasteiger partial charge in [0, 0.05) is 50.6 Å². The van der Waals surface area contributed by atoms with Crippen LogP contribution >= 0.6 is 11.3 Å². The fourth-order valence-electron chi connectivity index (χ4n) is 7.17. The molecule has 2 fully saturated rings. The molecule has 12 heteroatoms. The fourth-order valence-corrected chi connectivity index (χ4v) is 8.16. The third kappa shape index (κ3) is 8.29. The molecule has 276 valence electrons. The van der Waals surface area contributed by atoms with Crippen LogP contribution in [0.15, 0.2) is 53.5 Å². The van der Waals surface area contributed by atoms with Gasteiger partial charge in [-0.25, -0.2) is 4.98 Å². The number of hydrogen-bond acceptors (Lipinski definition) is 11. The Hall–Kier alpha value is -4.39. The molecule has 4 aromatic rings. The Morgan fingerprint density at radius 2 is 1.46 bits per heavy atom. The molecule has 0 N–H and O–H groups in total. The van der Waals surface area contributed by atoms with Gasteiger partial charge in [0.2, 0.25) is 0 Å². The van der Waals surface area contributed by atoms with Crippen LogP contribution in [0.2, 0.25) is 0 Å². The average molecular weight is 728 g/mol. The third-order valence-electron chi connectivity index (χ3n) is 10.2. The number of carbonyl (C=O) groups excluding carboxylic acids is 1. The molecule has 0 bridgehead atoms. The Kier molecular flexibility index (Phi) is 11.7. The van der Waals surface area contributed by atoms with Gasteiger partial charge in [-0.15, -0.1) is 11.3 Å². The first-order valence-corrected chi connectivity index (χ1v) is 19.2. The van der Waals surface area contributed by atoms with E-state index >= 15 is 0 Å². The standard InChI is InChI=1S/C40H49N5O6S/c1-47-30-11-12-32-38(24-30)52-39(42-32)28-10-13-34(35(23-28)48-2)50-21-6-4-14-43-17-19-44(20-18-43)15-5-7-22-51-37-26-33-31(25-36(37)49-3)40(46)45-16-8-9-29(45)27-41-33/h10-13,23-27,29H,4-9,14-22H2,1-3H3/t29-/m0/s1. The molecule has 7 rings (SSSR count). The van der Waals surface area contributed by atoms with E-state index < -0.39 is 0 Å². The van der Waals surface area contributed by atoms with Crippen molar-refractivity contribution in [1.29, 1.82) is 0 Å². The minimum Gasteiger partial charge on any atom is -0.497 e. The zero-order valence-corrected chi connectivity index (χ0v) is 31.3. The number of unbranched alkanes of at least 4 members (excludes halogenated alkanes) is 2. The predicted octanol–water partition coefficient (Wildman–Crippen LogP) is 6.95. The Bertz CT molecular complexity index is 1870. The number of methoxy groups -OCH3 is 3. The van der Waals surface area contributed by atoms with Crippen molar-refractivity contribution in [2.45, 2.75) is 44.6 Å². The Morgan fingerprint density at radius 3 is 2.17 bits per heavy atom. The molecule has 2 saturated heterocycles. The van der Waals surface area contributed by atoms with Crippen LogP contribution in [0, 0.1) is 0 Å². The quantitative estimate of drug-likeness (QED) is 0.114. The maximum Gasteiger partial charge on any atom is 0.256 e. The first-order chi connectivity index (χ1) is 25.5. The van der Waals surface area contributed by atoms with Crippen LogP contribution < -0.4 is 23.7 Å². The number of benzene rings is 3. The summed E-state index contributed by atoms with van der Waals surface area (Å²) < 4.78 is 30.0. The smallest absolute Gasteiger partial charge is 0.256 e. The molecule has 0 aliphatic carbocycles. The van der Waals surface area contributed by atoms with Crippen molar-refractivity contribution >= 4 is 39.4 Å². The van der Waals surface area contributed by atoms with E-state index in [-0.39, 0.29) is 11.9 Å². The van der Waals surface area contributed by atoms with Gasteiger partial charge < -0.3 is 38.4 Å². The number of hydrogen-bond donors (Lipinski definition) is 0. The minimum absolute atomic E-state index is 0.0250. The molecule has 4 heterocycles. The number of piperazine rings is 1. The maximum absolute atomic E-state index is 13.1. The van der Waals surface area contributed by atoms with Gasteiger partial charge in [-0.05, 0) is 94.1 Å². The summed E-state index contributed by atoms with van der Waals surface area (Å²) in [5, 5.41) is 0.941. The van der Waals surface area contributed by atoms with Gasteiger partial charge in [-0.3, -0.25) is 9.79 Å². The molecular formula is C40H49N5O6S. The first kappa shape index (κ1) is 36.0. The third-order valence-corrected chi connectivity index (χ3v) is 11.2. The SMILES string of the molecule is COc1ccc2nc(-c3ccc(OCCCCN4CCN(CCCCOc5cc6c(cc5OC)C(=O)N5CCC[C@H]5C=N6)CC4)c(OC)c3)sc2c1. The predicted molar refractivity (Wildman–Crippen MR) is 206 cm³/mol. The molecule has 1 atom stereocenters. The van der Waals surface area contributed by atoms with Crippen LogP contribution in [0.3, 0.4) is 0 Å². The number of aliphatic imine (C=N–C) groups is 1. The minimum atomic E-state index is 0.0250. The lowest BCUT2D eigenvalue weighted by molar-refractivity contribution is 0.0774. The van der Waals surface area contributed by atoms with Crippen LogP contribution in [0.5, 0.6) is 28.7 Å². The zero-order valence-electron chi connectivity index (χ0n) is 30.5. The first-order valence-electron chi connectivity index (χ1n) is 18.4. The maximum atomic E-state index is 13.1. The van der Waals surface area contributed by atoms with E-state index in [0.717, 1.165) is 122 Å². The Morgan fingerprint density at radius 1 is 0.750 bits per heavy atom. The number of fused-ring (bicyclic) bond motifs is 3. The summed E-state index contributed by atoms with van der Waals surface area (Å²) in [6.07, 6.45) is 7.98. The van der Waals surface area contributed by atoms with E-state index in [2.05, 4.69) is 14.8 Å². The fraction of sp³-hybridized carbons (Fsp3) is 0.475. The van der Waals surface area contributed by atoms with Crippen molar-refractivity contribution in [3.63, 3.8) is 0 Å². The molecule has 0 unspecified atom stereocenters. The highest BCUT2D eigenvalue weighted by molar-refractivity contribution is 7.21. The summed E-state index contributed by atoms with van der Waals surface area (Å²) in [6, 6.07) is 15.7. The summed E-state index contributed by atoms with van der Waals surface area (Å²) in [5.74, 6) is 3.57. The Labute approximate surface area is 310 Å². The summed E-state index contributed by atoms with van der Waals surface area (Å²) in [6.45, 7) is 8.54. The van der Waals surface area contributed by atoms with Gasteiger partial charge in [0.15, 0.2) is 23.0 Å². The van der Waals surface area contributed by atoms with Crippen molar-refractivity contribution in [1.82, 2.24) is 19.7 Å². The molecule has 52 heavy (non-hydrogen) atoms. The normalized spacial score (nSPS) is 17.6. The molecule has 3 aromatic carbocycles. The summed E-state index contributed by atoms with van der Waals surface area (Å²) in [5.41, 5.74) is 3.21. The number of ether oxygens (including phenoxy) is 5. The van der Waals surface area contributed by atoms with E-state index in [1.807, 2.05) is 53.6 Å². The van der Waals surface area contributed by atoms with E-state index in [0.29, 0.717) is 36.0 Å². The monoisotopic (exact) mass is 727 g/mol. The van der Waals surface area contributed by atoms with Crippen LogP contribution in [0.1, 0.15) is 48.9 Å². The van der Waals surface area contributed by atoms with Gasteiger partial charge in [0.05, 0.1) is 62.1 Å². The molecule has 3 aliphatic rings. The average Bonchev–Trinajstić information content (AvgIpc) is 3.81. The van der Waals surface area contributed by atoms with Gasteiger partial charge in [0.25, 0.3) is 5.91 Å². The number of rotatable bonds is 16. The zero-order chi connectivity index (χ0) is 35.9. The second kappa shape index (κ2) is 17.0. The van der Waals surface area contributed by atoms with Crippen molar-refractivity contribution in [2.24, 2.45) is 4.99 Å². The highest BCUT2D eigenvalue weighted by Gasteiger charge is 2.32. The van der Waals surface area contributed by atoms with Crippen molar-refractivity contribution in [2.75, 3.05) is 80.4 Å². The van der Waals surface area contributed by atoms with Crippen molar-refractivity contribution < 1.29 is 28.5 Å². The lowest BCUT2D eigenvalue weighted by atomic mass is 10.1. The number of amides is 1. The van der Waals surface area contributed by atoms with Crippen LogP contribution in [-0.4, -0.2) is 118 Å². The molecule has 3 aliphatic heterocycles. The number of thiazole rings is 1. The van der Waals surface area contributed by atoms with Gasteiger partial charge in [-0.2, -0.15) is 0 Å². The molecular weight excluding hydrogens is 679 g/mol. The second-order valence-corrected chi connectivity index (χ2v) is 14.5. The molecule has 0 spiro atoms. The highest BCUT2D eigenvalue weighted by Crippen LogP contribution is 2.39. The van der Waals surface area contributed by atoms with E-state index in [4.69, 9.17) is 28.7 Å². The number of carbonyl (C=O) groups is 1. The number of nitrogens with zero attached hydrogens (tertiary/aromatic N) is 5. The largest absolute Gasteiger partial charge is 0.497 e. The van der Waals surface area contributed by atoms with E-state index in [1.165, 1.54) is 0 Å². The lowest BCUT2D eigenvalue weighted by Gasteiger charge is -2.34. The highest BCUT2D eigenvalue weighted by atomic mass is 32.1. The van der Waals surface area contributed by atoms with E-state index in [1.54, 1.807) is 38.7 Å².